The zero-order chi connectivity index (χ0) is 21.3. The van der Waals surface area contributed by atoms with E-state index in [0.29, 0.717) is 25.5 Å². The minimum absolute atomic E-state index is 0. The second kappa shape index (κ2) is 12.4. The van der Waals surface area contributed by atoms with Crippen LogP contribution in [0.15, 0.2) is 47.5 Å². The lowest BCUT2D eigenvalue weighted by molar-refractivity contribution is -0.119. The Balaban J connectivity index is 0.00000341. The van der Waals surface area contributed by atoms with Crippen LogP contribution in [0, 0.1) is 0 Å². The van der Waals surface area contributed by atoms with Gasteiger partial charge in [-0.2, -0.15) is 0 Å². The highest BCUT2D eigenvalue weighted by Crippen LogP contribution is 2.24. The molecule has 2 aromatic carbocycles. The molecule has 0 saturated carbocycles. The molecule has 3 rings (SSSR count). The van der Waals surface area contributed by atoms with Crippen LogP contribution in [0.3, 0.4) is 0 Å². The fourth-order valence-electron chi connectivity index (χ4n) is 3.46. The Bertz CT molecular complexity index is 887. The van der Waals surface area contributed by atoms with Crippen LogP contribution >= 0.6 is 24.0 Å². The number of methoxy groups -OCH3 is 2. The SMILES string of the molecule is CN=C(NCc1ccc(N2CCCCC2=O)cc1)NCc1ccc(OC)cc1OC.I. The molecule has 168 valence electrons. The molecule has 8 heteroatoms. The van der Waals surface area contributed by atoms with Crippen LogP contribution in [0.5, 0.6) is 11.5 Å². The fraction of sp³-hybridized carbons (Fsp3) is 0.391. The number of ether oxygens (including phenoxy) is 2. The van der Waals surface area contributed by atoms with E-state index < -0.39 is 0 Å². The summed E-state index contributed by atoms with van der Waals surface area (Å²) >= 11 is 0. The number of nitrogens with one attached hydrogen (secondary N) is 2. The van der Waals surface area contributed by atoms with Gasteiger partial charge in [0, 0.05) is 50.4 Å². The average Bonchev–Trinajstić information content (AvgIpc) is 2.80. The van der Waals surface area contributed by atoms with Crippen molar-refractivity contribution in [3.8, 4) is 11.5 Å². The number of hydrogen-bond donors (Lipinski definition) is 2. The van der Waals surface area contributed by atoms with Crippen molar-refractivity contribution in [2.45, 2.75) is 32.4 Å². The molecule has 1 heterocycles. The Kier molecular flexibility index (Phi) is 9.90. The van der Waals surface area contributed by atoms with E-state index in [2.05, 4.69) is 15.6 Å². The molecule has 0 aromatic heterocycles. The number of nitrogens with zero attached hydrogens (tertiary/aromatic N) is 2. The van der Waals surface area contributed by atoms with Gasteiger partial charge in [-0.3, -0.25) is 9.79 Å². The first kappa shape index (κ1) is 24.8. The monoisotopic (exact) mass is 538 g/mol. The van der Waals surface area contributed by atoms with E-state index in [0.717, 1.165) is 47.7 Å². The summed E-state index contributed by atoms with van der Waals surface area (Å²) in [6.07, 6.45) is 2.70. The zero-order valence-electron chi connectivity index (χ0n) is 18.3. The number of halogens is 1. The molecule has 0 aliphatic carbocycles. The van der Waals surface area contributed by atoms with E-state index in [4.69, 9.17) is 9.47 Å². The molecule has 0 radical (unpaired) electrons. The van der Waals surface area contributed by atoms with E-state index in [1.807, 2.05) is 47.4 Å². The van der Waals surface area contributed by atoms with E-state index in [1.54, 1.807) is 21.3 Å². The van der Waals surface area contributed by atoms with Gasteiger partial charge in [0.25, 0.3) is 0 Å². The number of carbonyl (C=O) groups excluding carboxylic acids is 1. The summed E-state index contributed by atoms with van der Waals surface area (Å²) in [7, 11) is 5.02. The lowest BCUT2D eigenvalue weighted by atomic mass is 10.1. The standard InChI is InChI=1S/C23H30N4O3.HI/c1-24-23(26-16-18-9-12-20(29-2)14-21(18)30-3)25-15-17-7-10-19(11-8-17)27-13-5-4-6-22(27)28;/h7-12,14H,4-6,13,15-16H2,1-3H3,(H2,24,25,26);1H. The lowest BCUT2D eigenvalue weighted by Gasteiger charge is -2.26. The molecule has 0 spiro atoms. The molecular weight excluding hydrogens is 507 g/mol. The second-order valence-corrected chi connectivity index (χ2v) is 7.13. The summed E-state index contributed by atoms with van der Waals surface area (Å²) in [5, 5.41) is 6.62. The third-order valence-electron chi connectivity index (χ3n) is 5.20. The van der Waals surface area contributed by atoms with Gasteiger partial charge in [0.1, 0.15) is 11.5 Å². The first-order valence-electron chi connectivity index (χ1n) is 10.2. The molecule has 1 amide bonds. The topological polar surface area (TPSA) is 75.2 Å². The molecule has 1 saturated heterocycles. The van der Waals surface area contributed by atoms with E-state index in [1.165, 1.54) is 0 Å². The summed E-state index contributed by atoms with van der Waals surface area (Å²) < 4.78 is 10.7. The predicted octanol–water partition coefficient (Wildman–Crippen LogP) is 3.70. The van der Waals surface area contributed by atoms with E-state index in [-0.39, 0.29) is 29.9 Å². The highest BCUT2D eigenvalue weighted by molar-refractivity contribution is 14.0. The molecule has 0 unspecified atom stereocenters. The summed E-state index contributed by atoms with van der Waals surface area (Å²) in [5.74, 6) is 2.43. The number of benzene rings is 2. The van der Waals surface area contributed by atoms with Crippen molar-refractivity contribution in [1.82, 2.24) is 10.6 Å². The Morgan fingerprint density at radius 2 is 1.77 bits per heavy atom. The van der Waals surface area contributed by atoms with Crippen LogP contribution in [0.4, 0.5) is 5.69 Å². The number of anilines is 1. The number of rotatable bonds is 7. The molecule has 0 bridgehead atoms. The normalized spacial score (nSPS) is 14.0. The largest absolute Gasteiger partial charge is 0.497 e. The Hall–Kier alpha value is -2.49. The van der Waals surface area contributed by atoms with Gasteiger partial charge in [0.15, 0.2) is 5.96 Å². The maximum Gasteiger partial charge on any atom is 0.226 e. The summed E-state index contributed by atoms with van der Waals surface area (Å²) in [6, 6.07) is 13.9. The summed E-state index contributed by atoms with van der Waals surface area (Å²) in [5.41, 5.74) is 3.10. The van der Waals surface area contributed by atoms with Crippen LogP contribution in [0.25, 0.3) is 0 Å². The Morgan fingerprint density at radius 3 is 2.42 bits per heavy atom. The van der Waals surface area contributed by atoms with Gasteiger partial charge in [-0.1, -0.05) is 12.1 Å². The molecule has 2 N–H and O–H groups in total. The van der Waals surface area contributed by atoms with Crippen molar-refractivity contribution >= 4 is 41.5 Å². The Morgan fingerprint density at radius 1 is 1.03 bits per heavy atom. The van der Waals surface area contributed by atoms with Crippen molar-refractivity contribution in [3.05, 3.63) is 53.6 Å². The minimum atomic E-state index is 0. The summed E-state index contributed by atoms with van der Waals surface area (Å²) in [6.45, 7) is 2.01. The van der Waals surface area contributed by atoms with Gasteiger partial charge in [-0.25, -0.2) is 0 Å². The maximum atomic E-state index is 12.1. The Labute approximate surface area is 201 Å². The number of hydrogen-bond acceptors (Lipinski definition) is 4. The van der Waals surface area contributed by atoms with Crippen LogP contribution in [-0.4, -0.2) is 39.7 Å². The van der Waals surface area contributed by atoms with Crippen LogP contribution in [-0.2, 0) is 17.9 Å². The third kappa shape index (κ3) is 6.75. The van der Waals surface area contributed by atoms with Gasteiger partial charge in [0.05, 0.1) is 14.2 Å². The minimum Gasteiger partial charge on any atom is -0.497 e. The molecule has 1 aliphatic rings. The van der Waals surface area contributed by atoms with Crippen molar-refractivity contribution in [2.75, 3.05) is 32.7 Å². The fourth-order valence-corrected chi connectivity index (χ4v) is 3.46. The second-order valence-electron chi connectivity index (χ2n) is 7.13. The molecule has 2 aromatic rings. The van der Waals surface area contributed by atoms with Crippen molar-refractivity contribution < 1.29 is 14.3 Å². The number of guanidine groups is 1. The van der Waals surface area contributed by atoms with Crippen molar-refractivity contribution in [3.63, 3.8) is 0 Å². The van der Waals surface area contributed by atoms with Gasteiger partial charge in [-0.05, 0) is 42.7 Å². The number of piperidine rings is 1. The predicted molar refractivity (Wildman–Crippen MR) is 135 cm³/mol. The van der Waals surface area contributed by atoms with Gasteiger partial charge < -0.3 is 25.0 Å². The average molecular weight is 538 g/mol. The number of amides is 1. The van der Waals surface area contributed by atoms with E-state index in [9.17, 15) is 4.79 Å². The van der Waals surface area contributed by atoms with Crippen molar-refractivity contribution in [2.24, 2.45) is 4.99 Å². The van der Waals surface area contributed by atoms with Gasteiger partial charge in [-0.15, -0.1) is 24.0 Å². The smallest absolute Gasteiger partial charge is 0.226 e. The number of aliphatic imine (C=N–C) groups is 1. The van der Waals surface area contributed by atoms with Gasteiger partial charge in [0.2, 0.25) is 5.91 Å². The molecule has 1 aliphatic heterocycles. The summed E-state index contributed by atoms with van der Waals surface area (Å²) in [4.78, 5) is 18.2. The highest BCUT2D eigenvalue weighted by Gasteiger charge is 2.19. The number of carbonyl (C=O) groups is 1. The van der Waals surface area contributed by atoms with Crippen molar-refractivity contribution in [1.29, 1.82) is 0 Å². The molecule has 7 nitrogen and oxygen atoms in total. The van der Waals surface area contributed by atoms with Crippen LogP contribution in [0.1, 0.15) is 30.4 Å². The maximum absolute atomic E-state index is 12.1. The first-order valence-corrected chi connectivity index (χ1v) is 10.2. The molecule has 1 fully saturated rings. The van der Waals surface area contributed by atoms with Crippen LogP contribution < -0.4 is 25.0 Å². The lowest BCUT2D eigenvalue weighted by Crippen LogP contribution is -2.36. The van der Waals surface area contributed by atoms with Gasteiger partial charge >= 0.3 is 0 Å². The van der Waals surface area contributed by atoms with Crippen LogP contribution in [0.2, 0.25) is 0 Å². The first-order chi connectivity index (χ1) is 14.6. The molecule has 31 heavy (non-hydrogen) atoms. The zero-order valence-corrected chi connectivity index (χ0v) is 20.6. The quantitative estimate of drug-likeness (QED) is 0.320. The highest BCUT2D eigenvalue weighted by atomic mass is 127. The third-order valence-corrected chi connectivity index (χ3v) is 5.20. The van der Waals surface area contributed by atoms with E-state index >= 15 is 0 Å². The molecular formula is C23H31IN4O3. The molecule has 0 atom stereocenters.